The monoisotopic (exact) mass is 238 g/mol. The molecule has 1 aromatic heterocycles. The van der Waals surface area contributed by atoms with E-state index in [4.69, 9.17) is 5.11 Å². The van der Waals surface area contributed by atoms with Gasteiger partial charge in [0.1, 0.15) is 19.2 Å². The van der Waals surface area contributed by atoms with E-state index in [0.29, 0.717) is 13.0 Å². The fourth-order valence-corrected chi connectivity index (χ4v) is 1.90. The number of rotatable bonds is 3. The van der Waals surface area contributed by atoms with Crippen LogP contribution >= 0.6 is 0 Å². The second-order valence-electron chi connectivity index (χ2n) is 4.52. The third-order valence-corrected chi connectivity index (χ3v) is 3.11. The summed E-state index contributed by atoms with van der Waals surface area (Å²) in [5, 5.41) is 12.9. The van der Waals surface area contributed by atoms with Gasteiger partial charge in [-0.1, -0.05) is 0 Å². The van der Waals surface area contributed by atoms with Crippen molar-refractivity contribution in [2.24, 2.45) is 5.41 Å². The van der Waals surface area contributed by atoms with E-state index in [2.05, 4.69) is 10.1 Å². The summed E-state index contributed by atoms with van der Waals surface area (Å²) in [5.74, 6) is -0.978. The summed E-state index contributed by atoms with van der Waals surface area (Å²) >= 11 is 0. The number of carboxylic acids is 1. The summed E-state index contributed by atoms with van der Waals surface area (Å²) in [6, 6.07) is 0. The molecule has 2 rings (SSSR count). The van der Waals surface area contributed by atoms with Crippen LogP contribution in [0.3, 0.4) is 0 Å². The van der Waals surface area contributed by atoms with E-state index >= 15 is 0 Å². The van der Waals surface area contributed by atoms with Crippen LogP contribution in [-0.2, 0) is 16.1 Å². The van der Waals surface area contributed by atoms with E-state index in [1.807, 2.05) is 0 Å². The first-order chi connectivity index (χ1) is 8.01. The van der Waals surface area contributed by atoms with Crippen molar-refractivity contribution in [2.45, 2.75) is 19.9 Å². The Labute approximate surface area is 98.0 Å². The molecule has 1 unspecified atom stereocenters. The molecule has 2 heterocycles. The van der Waals surface area contributed by atoms with Gasteiger partial charge >= 0.3 is 5.97 Å². The Bertz CT molecular complexity index is 431. The number of carbonyl (C=O) groups excluding carboxylic acids is 1. The molecule has 0 spiro atoms. The Morgan fingerprint density at radius 2 is 2.29 bits per heavy atom. The van der Waals surface area contributed by atoms with Crippen LogP contribution in [0.2, 0.25) is 0 Å². The van der Waals surface area contributed by atoms with Crippen molar-refractivity contribution in [2.75, 3.05) is 13.1 Å². The van der Waals surface area contributed by atoms with Gasteiger partial charge in [0.25, 0.3) is 0 Å². The molecule has 1 N–H and O–H groups in total. The summed E-state index contributed by atoms with van der Waals surface area (Å²) in [4.78, 5) is 28.2. The fourth-order valence-electron chi connectivity index (χ4n) is 1.90. The Balaban J connectivity index is 1.97. The van der Waals surface area contributed by atoms with Gasteiger partial charge in [0, 0.05) is 13.1 Å². The lowest BCUT2D eigenvalue weighted by molar-refractivity contribution is -0.147. The van der Waals surface area contributed by atoms with Crippen LogP contribution in [0.15, 0.2) is 12.7 Å². The van der Waals surface area contributed by atoms with Gasteiger partial charge in [0.05, 0.1) is 5.41 Å². The van der Waals surface area contributed by atoms with Crippen LogP contribution < -0.4 is 0 Å². The molecule has 0 aliphatic carbocycles. The van der Waals surface area contributed by atoms with E-state index in [-0.39, 0.29) is 19.0 Å². The highest BCUT2D eigenvalue weighted by Crippen LogP contribution is 2.30. The third-order valence-electron chi connectivity index (χ3n) is 3.11. The van der Waals surface area contributed by atoms with Crippen molar-refractivity contribution >= 4 is 11.9 Å². The van der Waals surface area contributed by atoms with E-state index in [1.54, 1.807) is 11.8 Å². The predicted molar refractivity (Wildman–Crippen MR) is 57.0 cm³/mol. The molecular formula is C10H14N4O3. The summed E-state index contributed by atoms with van der Waals surface area (Å²) in [7, 11) is 0. The number of aromatic nitrogens is 3. The fraction of sp³-hybridized carbons (Fsp3) is 0.600. The van der Waals surface area contributed by atoms with Crippen LogP contribution in [0, 0.1) is 5.41 Å². The van der Waals surface area contributed by atoms with Crippen molar-refractivity contribution in [3.8, 4) is 0 Å². The maximum atomic E-state index is 11.9. The standard InChI is InChI=1S/C10H14N4O3/c1-10(9(16)17)2-3-13(5-10)8(15)4-14-7-11-6-12-14/h6-7H,2-5H2,1H3,(H,16,17). The summed E-state index contributed by atoms with van der Waals surface area (Å²) in [6.45, 7) is 2.51. The first kappa shape index (κ1) is 11.6. The van der Waals surface area contributed by atoms with Crippen molar-refractivity contribution in [3.05, 3.63) is 12.7 Å². The van der Waals surface area contributed by atoms with Crippen molar-refractivity contribution in [3.63, 3.8) is 0 Å². The zero-order chi connectivity index (χ0) is 12.5. The highest BCUT2D eigenvalue weighted by Gasteiger charge is 2.41. The van der Waals surface area contributed by atoms with Crippen LogP contribution in [-0.4, -0.2) is 49.7 Å². The number of carboxylic acid groups (broad SMARTS) is 1. The molecule has 0 radical (unpaired) electrons. The molecule has 7 heteroatoms. The number of carbonyl (C=O) groups is 2. The van der Waals surface area contributed by atoms with E-state index in [9.17, 15) is 9.59 Å². The van der Waals surface area contributed by atoms with Gasteiger partial charge in [-0.2, -0.15) is 5.10 Å². The molecule has 7 nitrogen and oxygen atoms in total. The van der Waals surface area contributed by atoms with Crippen LogP contribution in [0.5, 0.6) is 0 Å². The topological polar surface area (TPSA) is 88.3 Å². The number of nitrogens with zero attached hydrogens (tertiary/aromatic N) is 4. The molecule has 1 aliphatic rings. The normalized spacial score (nSPS) is 23.9. The Morgan fingerprint density at radius 3 is 2.82 bits per heavy atom. The number of likely N-dealkylation sites (tertiary alicyclic amines) is 1. The molecular weight excluding hydrogens is 224 g/mol. The second kappa shape index (κ2) is 4.15. The van der Waals surface area contributed by atoms with Crippen molar-refractivity contribution in [1.82, 2.24) is 19.7 Å². The molecule has 1 fully saturated rings. The molecule has 0 aromatic carbocycles. The Kier molecular flexibility index (Phi) is 2.83. The smallest absolute Gasteiger partial charge is 0.311 e. The average Bonchev–Trinajstić information content (AvgIpc) is 2.88. The molecule has 1 atom stereocenters. The van der Waals surface area contributed by atoms with Crippen LogP contribution in [0.4, 0.5) is 0 Å². The third kappa shape index (κ3) is 2.27. The molecule has 92 valence electrons. The minimum absolute atomic E-state index is 0.107. The van der Waals surface area contributed by atoms with E-state index in [0.717, 1.165) is 0 Å². The number of amides is 1. The maximum Gasteiger partial charge on any atom is 0.311 e. The first-order valence-electron chi connectivity index (χ1n) is 5.35. The minimum atomic E-state index is -0.853. The maximum absolute atomic E-state index is 11.9. The van der Waals surface area contributed by atoms with Crippen molar-refractivity contribution < 1.29 is 14.7 Å². The first-order valence-corrected chi connectivity index (χ1v) is 5.35. The SMILES string of the molecule is CC1(C(=O)O)CCN(C(=O)Cn2cncn2)C1. The number of hydrogen-bond donors (Lipinski definition) is 1. The number of aliphatic carboxylic acids is 1. The lowest BCUT2D eigenvalue weighted by Gasteiger charge is -2.20. The lowest BCUT2D eigenvalue weighted by atomic mass is 9.90. The molecule has 1 aromatic rings. The average molecular weight is 238 g/mol. The lowest BCUT2D eigenvalue weighted by Crippen LogP contribution is -2.36. The zero-order valence-electron chi connectivity index (χ0n) is 9.54. The van der Waals surface area contributed by atoms with Gasteiger partial charge in [-0.15, -0.1) is 0 Å². The summed E-state index contributed by atoms with van der Waals surface area (Å²) in [6.07, 6.45) is 3.31. The number of hydrogen-bond acceptors (Lipinski definition) is 4. The van der Waals surface area contributed by atoms with Gasteiger partial charge in [0.2, 0.25) is 5.91 Å². The zero-order valence-corrected chi connectivity index (χ0v) is 9.54. The van der Waals surface area contributed by atoms with E-state index in [1.165, 1.54) is 17.3 Å². The van der Waals surface area contributed by atoms with Crippen LogP contribution in [0.25, 0.3) is 0 Å². The van der Waals surface area contributed by atoms with Crippen molar-refractivity contribution in [1.29, 1.82) is 0 Å². The highest BCUT2D eigenvalue weighted by molar-refractivity contribution is 5.80. The van der Waals surface area contributed by atoms with Gasteiger partial charge in [-0.25, -0.2) is 9.67 Å². The highest BCUT2D eigenvalue weighted by atomic mass is 16.4. The van der Waals surface area contributed by atoms with Crippen LogP contribution in [0.1, 0.15) is 13.3 Å². The van der Waals surface area contributed by atoms with Gasteiger partial charge in [-0.3, -0.25) is 9.59 Å². The quantitative estimate of drug-likeness (QED) is 0.774. The van der Waals surface area contributed by atoms with Gasteiger partial charge < -0.3 is 10.0 Å². The Hall–Kier alpha value is -1.92. The van der Waals surface area contributed by atoms with Gasteiger partial charge in [0.15, 0.2) is 0 Å². The summed E-state index contributed by atoms with van der Waals surface area (Å²) in [5.41, 5.74) is -0.821. The molecule has 1 aliphatic heterocycles. The molecule has 0 saturated carbocycles. The molecule has 0 bridgehead atoms. The molecule has 1 saturated heterocycles. The molecule has 1 amide bonds. The van der Waals surface area contributed by atoms with E-state index < -0.39 is 11.4 Å². The summed E-state index contributed by atoms with van der Waals surface area (Å²) < 4.78 is 1.43. The Morgan fingerprint density at radius 1 is 1.53 bits per heavy atom. The second-order valence-corrected chi connectivity index (χ2v) is 4.52. The predicted octanol–water partition coefficient (Wildman–Crippen LogP) is -0.399. The largest absolute Gasteiger partial charge is 0.481 e. The van der Waals surface area contributed by atoms with Gasteiger partial charge in [-0.05, 0) is 13.3 Å². The molecule has 17 heavy (non-hydrogen) atoms. The minimum Gasteiger partial charge on any atom is -0.481 e.